The number of phenolic OH excluding ortho intramolecular Hbond substituents is 1. The summed E-state index contributed by atoms with van der Waals surface area (Å²) in [5.41, 5.74) is 1.24. The fourth-order valence-corrected chi connectivity index (χ4v) is 3.43. The molecule has 0 unspecified atom stereocenters. The van der Waals surface area contributed by atoms with E-state index in [-0.39, 0.29) is 5.41 Å². The first-order valence-corrected chi connectivity index (χ1v) is 7.69. The Morgan fingerprint density at radius 3 is 2.61 bits per heavy atom. The number of nitrogens with zero attached hydrogens (tertiary/aromatic N) is 1. The van der Waals surface area contributed by atoms with Gasteiger partial charge in [0.05, 0.1) is 11.4 Å². The Hall–Kier alpha value is -1.00. The first-order valence-electron chi connectivity index (χ1n) is 5.82. The zero-order valence-corrected chi connectivity index (χ0v) is 12.4. The van der Waals surface area contributed by atoms with Crippen LogP contribution >= 0.6 is 23.1 Å². The predicted molar refractivity (Wildman–Crippen MR) is 78.5 cm³/mol. The van der Waals surface area contributed by atoms with Crippen molar-refractivity contribution in [3.05, 3.63) is 40.3 Å². The highest BCUT2D eigenvalue weighted by atomic mass is 32.2. The molecule has 0 saturated carbocycles. The monoisotopic (exact) mass is 279 g/mol. The van der Waals surface area contributed by atoms with E-state index >= 15 is 0 Å². The van der Waals surface area contributed by atoms with Crippen LogP contribution in [0, 0.1) is 0 Å². The summed E-state index contributed by atoms with van der Waals surface area (Å²) < 4.78 is 0. The number of hydrogen-bond donors (Lipinski definition) is 1. The zero-order chi connectivity index (χ0) is 13.2. The molecule has 1 N–H and O–H groups in total. The van der Waals surface area contributed by atoms with Crippen LogP contribution in [0.25, 0.3) is 0 Å². The van der Waals surface area contributed by atoms with Crippen LogP contribution in [-0.4, -0.2) is 10.1 Å². The quantitative estimate of drug-likeness (QED) is 0.843. The summed E-state index contributed by atoms with van der Waals surface area (Å²) in [6, 6.07) is 7.41. The van der Waals surface area contributed by atoms with Gasteiger partial charge in [-0.15, -0.1) is 23.1 Å². The number of para-hydroxylation sites is 1. The van der Waals surface area contributed by atoms with Gasteiger partial charge in [-0.25, -0.2) is 4.98 Å². The summed E-state index contributed by atoms with van der Waals surface area (Å²) in [6.45, 7) is 6.51. The van der Waals surface area contributed by atoms with Gasteiger partial charge in [-0.1, -0.05) is 32.9 Å². The standard InChI is InChI=1S/C14H17NOS2/c1-14(2,3)12-8-18-13(15-12)9-17-11-7-5-4-6-10(11)16/h4-8,16H,9H2,1-3H3. The van der Waals surface area contributed by atoms with Gasteiger partial charge in [0.2, 0.25) is 0 Å². The first-order chi connectivity index (χ1) is 8.47. The van der Waals surface area contributed by atoms with Crippen LogP contribution in [0.2, 0.25) is 0 Å². The molecule has 1 aromatic heterocycles. The number of benzene rings is 1. The van der Waals surface area contributed by atoms with Crippen molar-refractivity contribution in [3.63, 3.8) is 0 Å². The number of aromatic nitrogens is 1. The molecule has 1 heterocycles. The third-order valence-corrected chi connectivity index (χ3v) is 4.64. The van der Waals surface area contributed by atoms with E-state index in [0.717, 1.165) is 21.3 Å². The van der Waals surface area contributed by atoms with Crippen molar-refractivity contribution in [2.45, 2.75) is 36.8 Å². The lowest BCUT2D eigenvalue weighted by Gasteiger charge is -2.14. The molecule has 2 aromatic rings. The normalized spacial score (nSPS) is 11.7. The number of aromatic hydroxyl groups is 1. The third-order valence-electron chi connectivity index (χ3n) is 2.54. The minimum absolute atomic E-state index is 0.105. The van der Waals surface area contributed by atoms with Gasteiger partial charge in [-0.05, 0) is 12.1 Å². The second kappa shape index (κ2) is 5.33. The Balaban J connectivity index is 2.03. The van der Waals surface area contributed by atoms with Crippen molar-refractivity contribution in [2.75, 3.05) is 0 Å². The van der Waals surface area contributed by atoms with Gasteiger partial charge < -0.3 is 5.11 Å². The maximum Gasteiger partial charge on any atom is 0.129 e. The maximum absolute atomic E-state index is 9.69. The van der Waals surface area contributed by atoms with E-state index < -0.39 is 0 Å². The van der Waals surface area contributed by atoms with Gasteiger partial charge >= 0.3 is 0 Å². The van der Waals surface area contributed by atoms with Crippen molar-refractivity contribution < 1.29 is 5.11 Å². The number of thiazole rings is 1. The predicted octanol–water partition coefficient (Wildman–Crippen LogP) is 4.44. The molecule has 0 aliphatic carbocycles. The molecule has 0 radical (unpaired) electrons. The minimum atomic E-state index is 0.105. The largest absolute Gasteiger partial charge is 0.507 e. The van der Waals surface area contributed by atoms with Gasteiger partial charge in [0, 0.05) is 15.7 Å². The summed E-state index contributed by atoms with van der Waals surface area (Å²) >= 11 is 3.31. The first kappa shape index (κ1) is 13.4. The smallest absolute Gasteiger partial charge is 0.129 e. The molecule has 1 aromatic carbocycles. The van der Waals surface area contributed by atoms with E-state index in [0.29, 0.717) is 5.75 Å². The summed E-state index contributed by atoms with van der Waals surface area (Å²) in [5.74, 6) is 1.15. The molecule has 0 saturated heterocycles. The maximum atomic E-state index is 9.69. The van der Waals surface area contributed by atoms with E-state index in [1.807, 2.05) is 18.2 Å². The summed E-state index contributed by atoms with van der Waals surface area (Å²) in [5, 5.41) is 12.9. The molecule has 18 heavy (non-hydrogen) atoms. The second-order valence-corrected chi connectivity index (χ2v) is 7.09. The average Bonchev–Trinajstić information content (AvgIpc) is 2.76. The van der Waals surface area contributed by atoms with E-state index in [2.05, 4.69) is 31.1 Å². The van der Waals surface area contributed by atoms with Crippen molar-refractivity contribution >= 4 is 23.1 Å². The van der Waals surface area contributed by atoms with Crippen LogP contribution in [0.15, 0.2) is 34.5 Å². The third kappa shape index (κ3) is 3.27. The van der Waals surface area contributed by atoms with Crippen LogP contribution in [0.4, 0.5) is 0 Å². The summed E-state index contributed by atoms with van der Waals surface area (Å²) in [7, 11) is 0. The molecular weight excluding hydrogens is 262 g/mol. The van der Waals surface area contributed by atoms with Crippen LogP contribution in [0.5, 0.6) is 5.75 Å². The van der Waals surface area contributed by atoms with Crippen LogP contribution < -0.4 is 0 Å². The van der Waals surface area contributed by atoms with Crippen molar-refractivity contribution in [2.24, 2.45) is 0 Å². The van der Waals surface area contributed by atoms with E-state index in [9.17, 15) is 5.11 Å². The van der Waals surface area contributed by atoms with Gasteiger partial charge in [-0.3, -0.25) is 0 Å². The number of hydrogen-bond acceptors (Lipinski definition) is 4. The molecule has 0 amide bonds. The lowest BCUT2D eigenvalue weighted by Crippen LogP contribution is -2.11. The molecule has 4 heteroatoms. The van der Waals surface area contributed by atoms with Gasteiger partial charge in [-0.2, -0.15) is 0 Å². The van der Waals surface area contributed by atoms with E-state index in [1.165, 1.54) is 0 Å². The SMILES string of the molecule is CC(C)(C)c1csc(CSc2ccccc2O)n1. The van der Waals surface area contributed by atoms with Crippen molar-refractivity contribution in [3.8, 4) is 5.75 Å². The van der Waals surface area contributed by atoms with Crippen LogP contribution in [0.1, 0.15) is 31.5 Å². The van der Waals surface area contributed by atoms with E-state index in [4.69, 9.17) is 0 Å². The molecular formula is C14H17NOS2. The zero-order valence-electron chi connectivity index (χ0n) is 10.8. The molecule has 0 spiro atoms. The number of rotatable bonds is 3. The minimum Gasteiger partial charge on any atom is -0.507 e. The second-order valence-electron chi connectivity index (χ2n) is 5.13. The summed E-state index contributed by atoms with van der Waals surface area (Å²) in [6.07, 6.45) is 0. The van der Waals surface area contributed by atoms with Crippen LogP contribution in [-0.2, 0) is 11.2 Å². The molecule has 0 bridgehead atoms. The van der Waals surface area contributed by atoms with Crippen molar-refractivity contribution in [1.82, 2.24) is 4.98 Å². The Kier molecular flexibility index (Phi) is 3.97. The molecule has 0 aliphatic rings. The molecule has 2 rings (SSSR count). The average molecular weight is 279 g/mol. The van der Waals surface area contributed by atoms with Gasteiger partial charge in [0.15, 0.2) is 0 Å². The Morgan fingerprint density at radius 2 is 2.00 bits per heavy atom. The molecule has 0 fully saturated rings. The number of thioether (sulfide) groups is 1. The fourth-order valence-electron chi connectivity index (χ4n) is 1.44. The lowest BCUT2D eigenvalue weighted by molar-refractivity contribution is 0.462. The molecule has 0 aliphatic heterocycles. The van der Waals surface area contributed by atoms with Gasteiger partial charge in [0.1, 0.15) is 10.8 Å². The fraction of sp³-hybridized carbons (Fsp3) is 0.357. The van der Waals surface area contributed by atoms with E-state index in [1.54, 1.807) is 29.2 Å². The highest BCUT2D eigenvalue weighted by Gasteiger charge is 2.17. The highest BCUT2D eigenvalue weighted by Crippen LogP contribution is 2.32. The molecule has 2 nitrogen and oxygen atoms in total. The van der Waals surface area contributed by atoms with Gasteiger partial charge in [0.25, 0.3) is 0 Å². The molecule has 96 valence electrons. The highest BCUT2D eigenvalue weighted by molar-refractivity contribution is 7.98. The Morgan fingerprint density at radius 1 is 1.28 bits per heavy atom. The lowest BCUT2D eigenvalue weighted by atomic mass is 9.93. The number of phenols is 1. The topological polar surface area (TPSA) is 33.1 Å². The van der Waals surface area contributed by atoms with Crippen LogP contribution in [0.3, 0.4) is 0 Å². The summed E-state index contributed by atoms with van der Waals surface area (Å²) in [4.78, 5) is 5.55. The van der Waals surface area contributed by atoms with Crippen molar-refractivity contribution in [1.29, 1.82) is 0 Å². The Bertz CT molecular complexity index is 529. The Labute approximate surface area is 116 Å². The molecule has 0 atom stereocenters.